The third kappa shape index (κ3) is 3.62. The van der Waals surface area contributed by atoms with Gasteiger partial charge in [0.05, 0.1) is 17.7 Å². The zero-order chi connectivity index (χ0) is 15.4. The largest absolute Gasteiger partial charge is 0.334 e. The lowest BCUT2D eigenvalue weighted by Crippen LogP contribution is -2.43. The molecule has 2 N–H and O–H groups in total. The van der Waals surface area contributed by atoms with Crippen molar-refractivity contribution in [3.63, 3.8) is 0 Å². The molecule has 1 saturated heterocycles. The molecule has 0 bridgehead atoms. The normalized spacial score (nSPS) is 23.0. The molecule has 1 aromatic carbocycles. The number of nitrogens with two attached hydrogens (primary N) is 1. The van der Waals surface area contributed by atoms with E-state index in [4.69, 9.17) is 11.0 Å². The second kappa shape index (κ2) is 6.73. The Morgan fingerprint density at radius 3 is 2.90 bits per heavy atom. The molecule has 1 fully saturated rings. The van der Waals surface area contributed by atoms with Crippen molar-refractivity contribution in [2.24, 2.45) is 11.7 Å². The van der Waals surface area contributed by atoms with Crippen molar-refractivity contribution in [1.82, 2.24) is 4.90 Å². The number of carbonyl (C=O) groups is 1. The summed E-state index contributed by atoms with van der Waals surface area (Å²) < 4.78 is 0. The quantitative estimate of drug-likeness (QED) is 0.928. The van der Waals surface area contributed by atoms with E-state index in [1.165, 1.54) is 0 Å². The first kappa shape index (κ1) is 15.5. The number of hydrogen-bond acceptors (Lipinski definition) is 3. The molecule has 2 atom stereocenters. The van der Waals surface area contributed by atoms with E-state index in [0.29, 0.717) is 24.4 Å². The number of amides is 1. The molecule has 0 spiro atoms. The van der Waals surface area contributed by atoms with E-state index in [-0.39, 0.29) is 18.0 Å². The fourth-order valence-electron chi connectivity index (χ4n) is 3.00. The Morgan fingerprint density at radius 1 is 1.48 bits per heavy atom. The first-order valence-corrected chi connectivity index (χ1v) is 7.58. The lowest BCUT2D eigenvalue weighted by molar-refractivity contribution is -0.133. The molecule has 4 nitrogen and oxygen atoms in total. The van der Waals surface area contributed by atoms with E-state index in [0.717, 1.165) is 18.4 Å². The van der Waals surface area contributed by atoms with Crippen molar-refractivity contribution < 1.29 is 4.79 Å². The molecule has 1 aliphatic rings. The van der Waals surface area contributed by atoms with Crippen LogP contribution in [0.15, 0.2) is 24.3 Å². The Labute approximate surface area is 126 Å². The number of nitrogens with zero attached hydrogens (tertiary/aromatic N) is 2. The third-order valence-corrected chi connectivity index (χ3v) is 3.91. The Morgan fingerprint density at radius 2 is 2.24 bits per heavy atom. The van der Waals surface area contributed by atoms with Gasteiger partial charge in [0.15, 0.2) is 0 Å². The van der Waals surface area contributed by atoms with Gasteiger partial charge in [-0.2, -0.15) is 5.26 Å². The van der Waals surface area contributed by atoms with Crippen molar-refractivity contribution in [1.29, 1.82) is 5.26 Å². The van der Waals surface area contributed by atoms with Crippen molar-refractivity contribution in [3.05, 3.63) is 35.4 Å². The molecular weight excluding hydrogens is 262 g/mol. The zero-order valence-corrected chi connectivity index (χ0v) is 12.7. The van der Waals surface area contributed by atoms with Crippen LogP contribution in [0.3, 0.4) is 0 Å². The summed E-state index contributed by atoms with van der Waals surface area (Å²) in [6.45, 7) is 4.91. The number of nitriles is 1. The summed E-state index contributed by atoms with van der Waals surface area (Å²) in [5, 5.41) is 9.08. The fourth-order valence-corrected chi connectivity index (χ4v) is 3.00. The van der Waals surface area contributed by atoms with Crippen LogP contribution in [0.1, 0.15) is 50.3 Å². The van der Waals surface area contributed by atoms with Crippen LogP contribution in [0.5, 0.6) is 0 Å². The van der Waals surface area contributed by atoms with Crippen LogP contribution in [-0.4, -0.2) is 23.4 Å². The van der Waals surface area contributed by atoms with Gasteiger partial charge in [-0.15, -0.1) is 0 Å². The summed E-state index contributed by atoms with van der Waals surface area (Å²) in [5.41, 5.74) is 7.94. The summed E-state index contributed by atoms with van der Waals surface area (Å²) in [6.07, 6.45) is 2.24. The predicted molar refractivity (Wildman–Crippen MR) is 82.3 cm³/mol. The van der Waals surface area contributed by atoms with Gasteiger partial charge < -0.3 is 10.6 Å². The van der Waals surface area contributed by atoms with Crippen LogP contribution in [-0.2, 0) is 4.79 Å². The van der Waals surface area contributed by atoms with Gasteiger partial charge in [0.1, 0.15) is 0 Å². The molecule has 1 aromatic rings. The molecule has 1 aliphatic heterocycles. The van der Waals surface area contributed by atoms with Crippen LogP contribution in [0.2, 0.25) is 0 Å². The Hall–Kier alpha value is -1.86. The molecule has 0 radical (unpaired) electrons. The van der Waals surface area contributed by atoms with Crippen LogP contribution in [0, 0.1) is 17.2 Å². The van der Waals surface area contributed by atoms with Crippen LogP contribution in [0.4, 0.5) is 0 Å². The lowest BCUT2D eigenvalue weighted by Gasteiger charge is -2.35. The Balaban J connectivity index is 2.41. The standard InChI is InChI=1S/C17H23N3O/c1-12(2)11-20-16(21)8-4-7-15(19)17(20)14-6-3-5-13(9-14)10-18/h3,5-6,9,12,15,17H,4,7-8,11,19H2,1-2H3. The van der Waals surface area contributed by atoms with Gasteiger partial charge in [0, 0.05) is 19.0 Å². The van der Waals surface area contributed by atoms with E-state index >= 15 is 0 Å². The second-order valence-corrected chi connectivity index (χ2v) is 6.18. The molecule has 112 valence electrons. The maximum Gasteiger partial charge on any atom is 0.223 e. The minimum atomic E-state index is -0.129. The van der Waals surface area contributed by atoms with E-state index in [1.54, 1.807) is 6.07 Å². The molecule has 0 saturated carbocycles. The smallest absolute Gasteiger partial charge is 0.223 e. The number of carbonyl (C=O) groups excluding carboxylic acids is 1. The summed E-state index contributed by atoms with van der Waals surface area (Å²) in [5.74, 6) is 0.560. The monoisotopic (exact) mass is 285 g/mol. The minimum absolute atomic E-state index is 0.0795. The van der Waals surface area contributed by atoms with Crippen LogP contribution < -0.4 is 5.73 Å². The third-order valence-electron chi connectivity index (χ3n) is 3.91. The predicted octanol–water partition coefficient (Wildman–Crippen LogP) is 2.60. The van der Waals surface area contributed by atoms with E-state index < -0.39 is 0 Å². The number of likely N-dealkylation sites (tertiary alicyclic amines) is 1. The van der Waals surface area contributed by atoms with E-state index in [2.05, 4.69) is 19.9 Å². The second-order valence-electron chi connectivity index (χ2n) is 6.18. The van der Waals surface area contributed by atoms with Gasteiger partial charge in [-0.25, -0.2) is 0 Å². The minimum Gasteiger partial charge on any atom is -0.334 e. The van der Waals surface area contributed by atoms with E-state index in [9.17, 15) is 4.79 Å². The fraction of sp³-hybridized carbons (Fsp3) is 0.529. The lowest BCUT2D eigenvalue weighted by atomic mass is 9.94. The van der Waals surface area contributed by atoms with Gasteiger partial charge in [0.25, 0.3) is 0 Å². The highest BCUT2D eigenvalue weighted by molar-refractivity contribution is 5.77. The first-order valence-electron chi connectivity index (χ1n) is 7.58. The average molecular weight is 285 g/mol. The Bertz CT molecular complexity index is 547. The van der Waals surface area contributed by atoms with Crippen molar-refractivity contribution in [2.75, 3.05) is 6.54 Å². The molecule has 2 rings (SSSR count). The SMILES string of the molecule is CC(C)CN1C(=O)CCCC(N)C1c1cccc(C#N)c1. The highest BCUT2D eigenvalue weighted by Gasteiger charge is 2.33. The van der Waals surface area contributed by atoms with Crippen LogP contribution in [0.25, 0.3) is 0 Å². The molecule has 4 heteroatoms. The van der Waals surface area contributed by atoms with E-state index in [1.807, 2.05) is 23.1 Å². The summed E-state index contributed by atoms with van der Waals surface area (Å²) in [7, 11) is 0. The average Bonchev–Trinajstić information content (AvgIpc) is 2.58. The molecule has 0 aromatic heterocycles. The molecule has 2 unspecified atom stereocenters. The molecule has 21 heavy (non-hydrogen) atoms. The van der Waals surface area contributed by atoms with Gasteiger partial charge >= 0.3 is 0 Å². The highest BCUT2D eigenvalue weighted by atomic mass is 16.2. The van der Waals surface area contributed by atoms with Crippen molar-refractivity contribution in [2.45, 2.75) is 45.2 Å². The molecule has 1 heterocycles. The van der Waals surface area contributed by atoms with Crippen molar-refractivity contribution in [3.8, 4) is 6.07 Å². The Kier molecular flexibility index (Phi) is 4.98. The summed E-state index contributed by atoms with van der Waals surface area (Å²) in [4.78, 5) is 14.4. The number of hydrogen-bond donors (Lipinski definition) is 1. The van der Waals surface area contributed by atoms with Gasteiger partial charge in [0.2, 0.25) is 5.91 Å². The first-order chi connectivity index (χ1) is 10.0. The maximum absolute atomic E-state index is 12.4. The molecule has 0 aliphatic carbocycles. The maximum atomic E-state index is 12.4. The van der Waals surface area contributed by atoms with Gasteiger partial charge in [-0.05, 0) is 36.5 Å². The molecule has 1 amide bonds. The highest BCUT2D eigenvalue weighted by Crippen LogP contribution is 2.31. The van der Waals surface area contributed by atoms with Gasteiger partial charge in [-0.3, -0.25) is 4.79 Å². The topological polar surface area (TPSA) is 70.1 Å². The van der Waals surface area contributed by atoms with Gasteiger partial charge in [-0.1, -0.05) is 26.0 Å². The summed E-state index contributed by atoms with van der Waals surface area (Å²) in [6, 6.07) is 9.42. The summed E-state index contributed by atoms with van der Waals surface area (Å²) >= 11 is 0. The number of benzene rings is 1. The number of rotatable bonds is 3. The van der Waals surface area contributed by atoms with Crippen LogP contribution >= 0.6 is 0 Å². The van der Waals surface area contributed by atoms with Crippen molar-refractivity contribution >= 4 is 5.91 Å². The zero-order valence-electron chi connectivity index (χ0n) is 12.7. The molecular formula is C17H23N3O.